The summed E-state index contributed by atoms with van der Waals surface area (Å²) in [5, 5.41) is 3.41. The third-order valence-electron chi connectivity index (χ3n) is 4.36. The number of aliphatic imine (C=N–C) groups is 1. The molecule has 140 valence electrons. The zero-order chi connectivity index (χ0) is 16.9. The van der Waals surface area contributed by atoms with Crippen LogP contribution < -0.4 is 5.32 Å². The summed E-state index contributed by atoms with van der Waals surface area (Å²) < 4.78 is 6.64. The Labute approximate surface area is 178 Å². The van der Waals surface area contributed by atoms with Gasteiger partial charge in [-0.2, -0.15) is 0 Å². The molecule has 3 rings (SSSR count). The van der Waals surface area contributed by atoms with E-state index in [0.717, 1.165) is 55.3 Å². The van der Waals surface area contributed by atoms with E-state index in [9.17, 15) is 4.79 Å². The van der Waals surface area contributed by atoms with E-state index in [1.165, 1.54) is 4.88 Å². The molecule has 0 saturated carbocycles. The third kappa shape index (κ3) is 5.54. The average Bonchev–Trinajstić information content (AvgIpc) is 3.27. The lowest BCUT2D eigenvalue weighted by molar-refractivity contribution is -0.142. The number of amides is 1. The molecular weight excluding hydrogens is 519 g/mol. The van der Waals surface area contributed by atoms with Crippen molar-refractivity contribution in [2.45, 2.75) is 25.5 Å². The Morgan fingerprint density at radius 2 is 2.08 bits per heavy atom. The van der Waals surface area contributed by atoms with Gasteiger partial charge in [-0.25, -0.2) is 0 Å². The first kappa shape index (κ1) is 20.9. The van der Waals surface area contributed by atoms with Crippen molar-refractivity contribution in [1.29, 1.82) is 0 Å². The van der Waals surface area contributed by atoms with Gasteiger partial charge in [-0.3, -0.25) is 9.79 Å². The molecule has 0 spiro atoms. The topological polar surface area (TPSA) is 57.2 Å². The van der Waals surface area contributed by atoms with Crippen molar-refractivity contribution in [2.75, 3.05) is 39.8 Å². The van der Waals surface area contributed by atoms with Gasteiger partial charge >= 0.3 is 0 Å². The summed E-state index contributed by atoms with van der Waals surface area (Å²) in [6, 6.07) is 4.16. The molecular formula is C16H24BrIN4O2S. The van der Waals surface area contributed by atoms with Gasteiger partial charge in [0.1, 0.15) is 6.10 Å². The second-order valence-corrected chi connectivity index (χ2v) is 8.47. The van der Waals surface area contributed by atoms with Crippen molar-refractivity contribution in [3.8, 4) is 0 Å². The number of halogens is 2. The average molecular weight is 543 g/mol. The van der Waals surface area contributed by atoms with E-state index >= 15 is 0 Å². The monoisotopic (exact) mass is 542 g/mol. The van der Waals surface area contributed by atoms with Crippen molar-refractivity contribution in [2.24, 2.45) is 4.99 Å². The SMILES string of the molecule is CN=C(NCc1ccc(Br)s1)N1CCN(C(=O)C2CCCO2)CC1.I. The number of hydrogen-bond acceptors (Lipinski definition) is 4. The molecule has 25 heavy (non-hydrogen) atoms. The van der Waals surface area contributed by atoms with Crippen LogP contribution in [-0.4, -0.2) is 67.6 Å². The second kappa shape index (κ2) is 10.1. The van der Waals surface area contributed by atoms with Crippen LogP contribution in [0.4, 0.5) is 0 Å². The molecule has 0 bridgehead atoms. The van der Waals surface area contributed by atoms with Crippen LogP contribution in [0.5, 0.6) is 0 Å². The molecule has 1 aromatic rings. The quantitative estimate of drug-likeness (QED) is 0.362. The first-order valence-corrected chi connectivity index (χ1v) is 9.88. The van der Waals surface area contributed by atoms with Crippen LogP contribution >= 0.6 is 51.2 Å². The van der Waals surface area contributed by atoms with Crippen molar-refractivity contribution in [1.82, 2.24) is 15.1 Å². The second-order valence-electron chi connectivity index (χ2n) is 5.92. The number of rotatable bonds is 3. The van der Waals surface area contributed by atoms with Crippen LogP contribution in [0, 0.1) is 0 Å². The predicted molar refractivity (Wildman–Crippen MR) is 115 cm³/mol. The molecule has 2 saturated heterocycles. The maximum atomic E-state index is 12.4. The first-order chi connectivity index (χ1) is 11.7. The highest BCUT2D eigenvalue weighted by atomic mass is 127. The zero-order valence-corrected chi connectivity index (χ0v) is 19.0. The molecule has 9 heteroatoms. The van der Waals surface area contributed by atoms with Crippen LogP contribution in [0.2, 0.25) is 0 Å². The van der Waals surface area contributed by atoms with E-state index in [1.807, 2.05) is 4.90 Å². The molecule has 2 aliphatic heterocycles. The molecule has 0 radical (unpaired) electrons. The number of piperazine rings is 1. The fourth-order valence-electron chi connectivity index (χ4n) is 3.06. The lowest BCUT2D eigenvalue weighted by Crippen LogP contribution is -2.55. The first-order valence-electron chi connectivity index (χ1n) is 8.27. The van der Waals surface area contributed by atoms with Crippen LogP contribution in [0.25, 0.3) is 0 Å². The highest BCUT2D eigenvalue weighted by Gasteiger charge is 2.30. The van der Waals surface area contributed by atoms with E-state index in [1.54, 1.807) is 18.4 Å². The fourth-order valence-corrected chi connectivity index (χ4v) is 4.48. The molecule has 1 atom stereocenters. The summed E-state index contributed by atoms with van der Waals surface area (Å²) in [4.78, 5) is 22.2. The molecule has 0 aliphatic carbocycles. The number of guanidine groups is 1. The van der Waals surface area contributed by atoms with E-state index in [0.29, 0.717) is 6.61 Å². The van der Waals surface area contributed by atoms with Crippen molar-refractivity contribution in [3.05, 3.63) is 20.8 Å². The minimum Gasteiger partial charge on any atom is -0.368 e. The lowest BCUT2D eigenvalue weighted by atomic mass is 10.2. The van der Waals surface area contributed by atoms with Gasteiger partial charge in [-0.05, 0) is 40.9 Å². The summed E-state index contributed by atoms with van der Waals surface area (Å²) in [6.07, 6.45) is 1.64. The predicted octanol–water partition coefficient (Wildman–Crippen LogP) is 2.53. The number of nitrogens with zero attached hydrogens (tertiary/aromatic N) is 3. The summed E-state index contributed by atoms with van der Waals surface area (Å²) in [5.74, 6) is 1.04. The van der Waals surface area contributed by atoms with Gasteiger partial charge in [0.2, 0.25) is 0 Å². The van der Waals surface area contributed by atoms with Crippen molar-refractivity contribution in [3.63, 3.8) is 0 Å². The minimum atomic E-state index is -0.216. The van der Waals surface area contributed by atoms with E-state index in [-0.39, 0.29) is 36.0 Å². The van der Waals surface area contributed by atoms with E-state index in [2.05, 4.69) is 43.3 Å². The lowest BCUT2D eigenvalue weighted by Gasteiger charge is -2.37. The standard InChI is InChI=1S/C16H23BrN4O2S.HI/c1-18-16(19-11-12-4-5-14(17)24-12)21-8-6-20(7-9-21)15(22)13-3-2-10-23-13;/h4-5,13H,2-3,6-11H2,1H3,(H,18,19);1H. The number of hydrogen-bond donors (Lipinski definition) is 1. The van der Waals surface area contributed by atoms with E-state index in [4.69, 9.17) is 4.74 Å². The molecule has 1 amide bonds. The fraction of sp³-hybridized carbons (Fsp3) is 0.625. The number of carbonyl (C=O) groups excluding carboxylic acids is 1. The Morgan fingerprint density at radius 1 is 1.36 bits per heavy atom. The largest absolute Gasteiger partial charge is 0.368 e. The van der Waals surface area contributed by atoms with Gasteiger partial charge in [0, 0.05) is 44.7 Å². The van der Waals surface area contributed by atoms with Crippen LogP contribution in [-0.2, 0) is 16.1 Å². The Morgan fingerprint density at radius 3 is 2.64 bits per heavy atom. The van der Waals surface area contributed by atoms with Gasteiger partial charge in [0.15, 0.2) is 5.96 Å². The highest BCUT2D eigenvalue weighted by Crippen LogP contribution is 2.22. The summed E-state index contributed by atoms with van der Waals surface area (Å²) in [6.45, 7) is 4.52. The molecule has 0 aromatic carbocycles. The maximum absolute atomic E-state index is 12.4. The van der Waals surface area contributed by atoms with Gasteiger partial charge in [-0.1, -0.05) is 0 Å². The van der Waals surface area contributed by atoms with Crippen LogP contribution in [0.3, 0.4) is 0 Å². The minimum absolute atomic E-state index is 0. The van der Waals surface area contributed by atoms with E-state index < -0.39 is 0 Å². The highest BCUT2D eigenvalue weighted by molar-refractivity contribution is 14.0. The summed E-state index contributed by atoms with van der Waals surface area (Å²) in [5.41, 5.74) is 0. The smallest absolute Gasteiger partial charge is 0.251 e. The molecule has 2 aliphatic rings. The number of ether oxygens (including phenoxy) is 1. The third-order valence-corrected chi connectivity index (χ3v) is 5.98. The van der Waals surface area contributed by atoms with Crippen molar-refractivity contribution < 1.29 is 9.53 Å². The van der Waals surface area contributed by atoms with Crippen molar-refractivity contribution >= 4 is 63.1 Å². The summed E-state index contributed by atoms with van der Waals surface area (Å²) in [7, 11) is 1.80. The van der Waals surface area contributed by atoms with Crippen LogP contribution in [0.1, 0.15) is 17.7 Å². The number of nitrogens with one attached hydrogen (secondary N) is 1. The molecule has 2 fully saturated rings. The van der Waals surface area contributed by atoms with Gasteiger partial charge in [-0.15, -0.1) is 35.3 Å². The Bertz CT molecular complexity index is 599. The summed E-state index contributed by atoms with van der Waals surface area (Å²) >= 11 is 5.20. The molecule has 1 N–H and O–H groups in total. The molecule has 3 heterocycles. The van der Waals surface area contributed by atoms with Crippen LogP contribution in [0.15, 0.2) is 20.9 Å². The maximum Gasteiger partial charge on any atom is 0.251 e. The Balaban J connectivity index is 0.00000225. The normalized spacial score (nSPS) is 21.2. The molecule has 1 unspecified atom stereocenters. The number of thiophene rings is 1. The number of carbonyl (C=O) groups is 1. The zero-order valence-electron chi connectivity index (χ0n) is 14.2. The Kier molecular flexibility index (Phi) is 8.43. The van der Waals surface area contributed by atoms with Gasteiger partial charge in [0.05, 0.1) is 10.3 Å². The molecule has 1 aromatic heterocycles. The molecule has 6 nitrogen and oxygen atoms in total. The van der Waals surface area contributed by atoms with Gasteiger partial charge < -0.3 is 19.9 Å². The van der Waals surface area contributed by atoms with Gasteiger partial charge in [0.25, 0.3) is 5.91 Å². The Hall–Kier alpha value is -0.390.